The minimum Gasteiger partial charge on any atom is -0.426 e. The van der Waals surface area contributed by atoms with Gasteiger partial charge in [-0.05, 0) is 41.0 Å². The van der Waals surface area contributed by atoms with Gasteiger partial charge in [-0.2, -0.15) is 0 Å². The lowest BCUT2D eigenvalue weighted by molar-refractivity contribution is -0.136. The standard InChI is InChI=1S/C27H28FNO2S/c1-5-32-24-15-20(31-25(30)16-27(2,3)4)14-23-26(24)21-11-6-7-12-22(21)29(23)17-18-9-8-10-19(28)13-18/h6-15H,5,16-17H2,1-4H3. The van der Waals surface area contributed by atoms with Crippen LogP contribution in [0.3, 0.4) is 0 Å². The van der Waals surface area contributed by atoms with Gasteiger partial charge in [-0.1, -0.05) is 58.0 Å². The van der Waals surface area contributed by atoms with E-state index >= 15 is 0 Å². The van der Waals surface area contributed by atoms with Crippen molar-refractivity contribution in [1.82, 2.24) is 4.57 Å². The summed E-state index contributed by atoms with van der Waals surface area (Å²) in [6, 6.07) is 18.8. The van der Waals surface area contributed by atoms with Gasteiger partial charge in [0.05, 0.1) is 11.9 Å². The molecule has 0 saturated heterocycles. The molecule has 0 amide bonds. The third-order valence-corrected chi connectivity index (χ3v) is 6.17. The molecule has 166 valence electrons. The quantitative estimate of drug-likeness (QED) is 0.174. The van der Waals surface area contributed by atoms with Crippen molar-refractivity contribution >= 4 is 39.5 Å². The highest BCUT2D eigenvalue weighted by atomic mass is 32.2. The molecular weight excluding hydrogens is 421 g/mol. The third kappa shape index (κ3) is 4.83. The molecule has 1 aromatic heterocycles. The number of ether oxygens (including phenoxy) is 1. The first kappa shape index (κ1) is 22.4. The molecule has 1 heterocycles. The van der Waals surface area contributed by atoms with E-state index in [4.69, 9.17) is 4.74 Å². The Bertz CT molecular complexity index is 1290. The van der Waals surface area contributed by atoms with Crippen LogP contribution in [0.5, 0.6) is 5.75 Å². The molecule has 0 aliphatic heterocycles. The first-order chi connectivity index (χ1) is 15.2. The smallest absolute Gasteiger partial charge is 0.311 e. The number of fused-ring (bicyclic) bond motifs is 3. The van der Waals surface area contributed by atoms with Gasteiger partial charge in [-0.15, -0.1) is 11.8 Å². The number of esters is 1. The average Bonchev–Trinajstić information content (AvgIpc) is 3.01. The van der Waals surface area contributed by atoms with Crippen LogP contribution in [0.2, 0.25) is 0 Å². The number of carbonyl (C=O) groups excluding carboxylic acids is 1. The number of carbonyl (C=O) groups is 1. The van der Waals surface area contributed by atoms with Gasteiger partial charge in [0.2, 0.25) is 0 Å². The number of hydrogen-bond acceptors (Lipinski definition) is 3. The molecule has 0 saturated carbocycles. The molecule has 0 unspecified atom stereocenters. The Hall–Kier alpha value is -2.79. The van der Waals surface area contributed by atoms with Crippen LogP contribution in [0.15, 0.2) is 65.6 Å². The molecule has 0 radical (unpaired) electrons. The molecule has 32 heavy (non-hydrogen) atoms. The number of hydrogen-bond donors (Lipinski definition) is 0. The van der Waals surface area contributed by atoms with E-state index in [1.165, 1.54) is 6.07 Å². The molecule has 0 bridgehead atoms. The summed E-state index contributed by atoms with van der Waals surface area (Å²) >= 11 is 1.73. The van der Waals surface area contributed by atoms with Crippen molar-refractivity contribution in [3.8, 4) is 5.75 Å². The molecule has 4 aromatic rings. The van der Waals surface area contributed by atoms with Crippen molar-refractivity contribution in [3.05, 3.63) is 72.0 Å². The SMILES string of the molecule is CCSc1cc(OC(=O)CC(C)(C)C)cc2c1c1ccccc1n2Cc1cccc(F)c1. The minimum atomic E-state index is -0.248. The van der Waals surface area contributed by atoms with Crippen LogP contribution in [-0.4, -0.2) is 16.3 Å². The monoisotopic (exact) mass is 449 g/mol. The molecule has 4 rings (SSSR count). The van der Waals surface area contributed by atoms with Crippen LogP contribution < -0.4 is 4.74 Å². The lowest BCUT2D eigenvalue weighted by Gasteiger charge is -2.17. The maximum Gasteiger partial charge on any atom is 0.311 e. The zero-order valence-corrected chi connectivity index (χ0v) is 19.8. The molecule has 3 nitrogen and oxygen atoms in total. The van der Waals surface area contributed by atoms with Crippen molar-refractivity contribution in [2.45, 2.75) is 45.6 Å². The zero-order valence-electron chi connectivity index (χ0n) is 18.9. The van der Waals surface area contributed by atoms with E-state index in [2.05, 4.69) is 23.6 Å². The summed E-state index contributed by atoms with van der Waals surface area (Å²) < 4.78 is 21.8. The zero-order chi connectivity index (χ0) is 22.9. The summed E-state index contributed by atoms with van der Waals surface area (Å²) in [5, 5.41) is 2.28. The van der Waals surface area contributed by atoms with E-state index in [0.29, 0.717) is 18.7 Å². The fraction of sp³-hybridized carbons (Fsp3) is 0.296. The van der Waals surface area contributed by atoms with Gasteiger partial charge in [0.25, 0.3) is 0 Å². The minimum absolute atomic E-state index is 0.144. The first-order valence-electron chi connectivity index (χ1n) is 10.9. The van der Waals surface area contributed by atoms with Crippen molar-refractivity contribution in [1.29, 1.82) is 0 Å². The third-order valence-electron chi connectivity index (χ3n) is 5.25. The van der Waals surface area contributed by atoms with Gasteiger partial charge in [0.1, 0.15) is 11.6 Å². The average molecular weight is 450 g/mol. The largest absolute Gasteiger partial charge is 0.426 e. The predicted octanol–water partition coefficient (Wildman–Crippen LogP) is 7.44. The second-order valence-electron chi connectivity index (χ2n) is 9.19. The Balaban J connectivity index is 1.88. The van der Waals surface area contributed by atoms with Crippen LogP contribution >= 0.6 is 11.8 Å². The lowest BCUT2D eigenvalue weighted by atomic mass is 9.92. The summed E-state index contributed by atoms with van der Waals surface area (Å²) in [5.41, 5.74) is 2.79. The van der Waals surface area contributed by atoms with Gasteiger partial charge in [-0.3, -0.25) is 4.79 Å². The van der Waals surface area contributed by atoms with Crippen LogP contribution in [0.1, 0.15) is 39.7 Å². The van der Waals surface area contributed by atoms with Crippen LogP contribution in [0.25, 0.3) is 21.8 Å². The van der Waals surface area contributed by atoms with E-state index in [9.17, 15) is 9.18 Å². The molecule has 0 atom stereocenters. The Morgan fingerprint density at radius 2 is 1.81 bits per heavy atom. The fourth-order valence-corrected chi connectivity index (χ4v) is 4.90. The number of nitrogens with zero attached hydrogens (tertiary/aromatic N) is 1. The number of aromatic nitrogens is 1. The molecule has 0 spiro atoms. The van der Waals surface area contributed by atoms with E-state index in [1.807, 2.05) is 51.1 Å². The molecule has 3 aromatic carbocycles. The summed E-state index contributed by atoms with van der Waals surface area (Å²) in [6.07, 6.45) is 0.341. The summed E-state index contributed by atoms with van der Waals surface area (Å²) in [6.45, 7) is 8.70. The summed E-state index contributed by atoms with van der Waals surface area (Å²) in [4.78, 5) is 13.6. The normalized spacial score (nSPS) is 11.9. The topological polar surface area (TPSA) is 31.2 Å². The van der Waals surface area contributed by atoms with Gasteiger partial charge < -0.3 is 9.30 Å². The molecule has 0 aliphatic carbocycles. The van der Waals surface area contributed by atoms with Crippen molar-refractivity contribution in [2.75, 3.05) is 5.75 Å². The highest BCUT2D eigenvalue weighted by Gasteiger charge is 2.20. The molecule has 5 heteroatoms. The highest BCUT2D eigenvalue weighted by molar-refractivity contribution is 7.99. The van der Waals surface area contributed by atoms with Crippen LogP contribution in [-0.2, 0) is 11.3 Å². The Labute approximate surface area is 192 Å². The fourth-order valence-electron chi connectivity index (χ4n) is 4.03. The second kappa shape index (κ2) is 8.99. The summed E-state index contributed by atoms with van der Waals surface area (Å²) in [7, 11) is 0. The van der Waals surface area contributed by atoms with E-state index in [-0.39, 0.29) is 17.2 Å². The van der Waals surface area contributed by atoms with Crippen molar-refractivity contribution in [3.63, 3.8) is 0 Å². The number of halogens is 1. The first-order valence-corrected chi connectivity index (χ1v) is 11.9. The maximum atomic E-state index is 13.9. The Morgan fingerprint density at radius 3 is 2.53 bits per heavy atom. The van der Waals surface area contributed by atoms with Crippen LogP contribution in [0, 0.1) is 11.2 Å². The van der Waals surface area contributed by atoms with Gasteiger partial charge >= 0.3 is 5.97 Å². The lowest BCUT2D eigenvalue weighted by Crippen LogP contribution is -2.17. The van der Waals surface area contributed by atoms with E-state index in [1.54, 1.807) is 23.9 Å². The number of thioether (sulfide) groups is 1. The van der Waals surface area contributed by atoms with Crippen molar-refractivity contribution in [2.24, 2.45) is 5.41 Å². The molecule has 0 fully saturated rings. The highest BCUT2D eigenvalue weighted by Crippen LogP contribution is 2.39. The van der Waals surface area contributed by atoms with Crippen molar-refractivity contribution < 1.29 is 13.9 Å². The van der Waals surface area contributed by atoms with Gasteiger partial charge in [-0.25, -0.2) is 4.39 Å². The van der Waals surface area contributed by atoms with Gasteiger partial charge in [0, 0.05) is 33.8 Å². The molecule has 0 N–H and O–H groups in total. The molecular formula is C27H28FNO2S. The van der Waals surface area contributed by atoms with Gasteiger partial charge in [0.15, 0.2) is 0 Å². The van der Waals surface area contributed by atoms with E-state index in [0.717, 1.165) is 38.0 Å². The Morgan fingerprint density at radius 1 is 1.03 bits per heavy atom. The van der Waals surface area contributed by atoms with Crippen LogP contribution in [0.4, 0.5) is 4.39 Å². The number of rotatable bonds is 6. The van der Waals surface area contributed by atoms with E-state index < -0.39 is 0 Å². The Kier molecular flexibility index (Phi) is 6.29. The maximum absolute atomic E-state index is 13.9. The number of benzene rings is 3. The summed E-state index contributed by atoms with van der Waals surface area (Å²) in [5.74, 6) is 0.961. The second-order valence-corrected chi connectivity index (χ2v) is 10.5. The number of para-hydroxylation sites is 1. The molecule has 0 aliphatic rings. The predicted molar refractivity (Wildman–Crippen MR) is 131 cm³/mol.